The molecule has 0 saturated heterocycles. The van der Waals surface area contributed by atoms with Gasteiger partial charge in [-0.05, 0) is 34.9 Å². The van der Waals surface area contributed by atoms with E-state index in [9.17, 15) is 4.79 Å². The first-order chi connectivity index (χ1) is 11.5. The quantitative estimate of drug-likeness (QED) is 0.685. The fourth-order valence-electron chi connectivity index (χ4n) is 2.03. The predicted molar refractivity (Wildman–Crippen MR) is 95.5 cm³/mol. The van der Waals surface area contributed by atoms with E-state index in [0.29, 0.717) is 49.3 Å². The zero-order valence-electron chi connectivity index (χ0n) is 15.3. The van der Waals surface area contributed by atoms with Gasteiger partial charge in [-0.1, -0.05) is 0 Å². The molecule has 0 aliphatic rings. The maximum atomic E-state index is 12.0. The lowest BCUT2D eigenvalue weighted by Gasteiger charge is -2.17. The third-order valence-electron chi connectivity index (χ3n) is 3.01. The van der Waals surface area contributed by atoms with E-state index >= 15 is 0 Å². The number of likely N-dealkylation sites (N-methyl/N-ethyl adjacent to an activating group) is 1. The smallest absolute Gasteiger partial charge is 0.319 e. The zero-order chi connectivity index (χ0) is 17.9. The van der Waals surface area contributed by atoms with Crippen LogP contribution in [0.1, 0.15) is 20.8 Å². The molecule has 0 heterocycles. The molecule has 0 spiro atoms. The van der Waals surface area contributed by atoms with Crippen LogP contribution in [0.4, 0.5) is 10.5 Å². The molecule has 7 nitrogen and oxygen atoms in total. The van der Waals surface area contributed by atoms with Crippen molar-refractivity contribution in [1.29, 1.82) is 0 Å². The molecule has 0 atom stereocenters. The molecular formula is C17H29N3O4. The predicted octanol–water partition coefficient (Wildman–Crippen LogP) is 2.57. The number of carbonyl (C=O) groups excluding carboxylic acids is 1. The fraction of sp³-hybridized carbons (Fsp3) is 0.588. The maximum Gasteiger partial charge on any atom is 0.319 e. The van der Waals surface area contributed by atoms with E-state index in [4.69, 9.17) is 14.2 Å². The molecule has 1 aromatic rings. The summed E-state index contributed by atoms with van der Waals surface area (Å²) in [5.41, 5.74) is 0.590. The van der Waals surface area contributed by atoms with Crippen molar-refractivity contribution in [2.75, 3.05) is 52.3 Å². The highest BCUT2D eigenvalue weighted by molar-refractivity contribution is 5.90. The van der Waals surface area contributed by atoms with Crippen LogP contribution in [0.2, 0.25) is 0 Å². The highest BCUT2D eigenvalue weighted by Gasteiger charge is 2.16. The van der Waals surface area contributed by atoms with Gasteiger partial charge in [-0.15, -0.1) is 0 Å². The van der Waals surface area contributed by atoms with Gasteiger partial charge in [0.25, 0.3) is 0 Å². The van der Waals surface area contributed by atoms with E-state index in [-0.39, 0.29) is 6.03 Å². The first-order valence-electron chi connectivity index (χ1n) is 8.27. The number of benzene rings is 1. The van der Waals surface area contributed by atoms with Gasteiger partial charge in [0, 0.05) is 25.2 Å². The number of nitrogens with one attached hydrogen (secondary N) is 2. The number of hydrogen-bond acceptors (Lipinski definition) is 5. The Morgan fingerprint density at radius 2 is 1.54 bits per heavy atom. The first kappa shape index (κ1) is 19.9. The van der Waals surface area contributed by atoms with Crippen molar-refractivity contribution in [1.82, 2.24) is 10.2 Å². The Morgan fingerprint density at radius 3 is 2.00 bits per heavy atom. The highest BCUT2D eigenvalue weighted by atomic mass is 16.5. The van der Waals surface area contributed by atoms with Crippen molar-refractivity contribution in [3.8, 4) is 17.2 Å². The zero-order valence-corrected chi connectivity index (χ0v) is 15.3. The summed E-state index contributed by atoms with van der Waals surface area (Å²) < 4.78 is 16.9. The van der Waals surface area contributed by atoms with Gasteiger partial charge in [0.05, 0.1) is 25.5 Å². The lowest BCUT2D eigenvalue weighted by Crippen LogP contribution is -2.34. The standard InChI is InChI=1S/C17H29N3O4/c1-6-22-14-11-13(19-17(21)18-9-10-20(4)5)12-15(23-7-2)16(14)24-8-3/h11-12H,6-10H2,1-5H3,(H2,18,19,21). The molecule has 24 heavy (non-hydrogen) atoms. The van der Waals surface area contributed by atoms with Crippen molar-refractivity contribution >= 4 is 11.7 Å². The topological polar surface area (TPSA) is 72.1 Å². The SMILES string of the molecule is CCOc1cc(NC(=O)NCCN(C)C)cc(OCC)c1OCC. The van der Waals surface area contributed by atoms with Crippen LogP contribution in [0.25, 0.3) is 0 Å². The second-order valence-electron chi connectivity index (χ2n) is 5.28. The lowest BCUT2D eigenvalue weighted by atomic mass is 10.2. The molecule has 1 aromatic carbocycles. The van der Waals surface area contributed by atoms with Crippen LogP contribution >= 0.6 is 0 Å². The Kier molecular flexibility index (Phi) is 8.78. The summed E-state index contributed by atoms with van der Waals surface area (Å²) in [6.45, 7) is 8.49. The van der Waals surface area contributed by atoms with E-state index in [1.807, 2.05) is 39.8 Å². The molecular weight excluding hydrogens is 310 g/mol. The molecule has 2 N–H and O–H groups in total. The van der Waals surface area contributed by atoms with Gasteiger partial charge in [-0.25, -0.2) is 4.79 Å². The van der Waals surface area contributed by atoms with Gasteiger partial charge in [0.15, 0.2) is 11.5 Å². The van der Waals surface area contributed by atoms with Crippen molar-refractivity contribution in [3.05, 3.63) is 12.1 Å². The Labute approximate surface area is 144 Å². The van der Waals surface area contributed by atoms with Gasteiger partial charge in [0.2, 0.25) is 5.75 Å². The van der Waals surface area contributed by atoms with Gasteiger partial charge in [-0.2, -0.15) is 0 Å². The van der Waals surface area contributed by atoms with Crippen LogP contribution in [0.3, 0.4) is 0 Å². The minimum atomic E-state index is -0.272. The molecule has 0 bridgehead atoms. The molecule has 7 heteroatoms. The summed E-state index contributed by atoms with van der Waals surface area (Å²) in [5, 5.41) is 5.60. The van der Waals surface area contributed by atoms with E-state index in [0.717, 1.165) is 6.54 Å². The summed E-state index contributed by atoms with van der Waals surface area (Å²) >= 11 is 0. The van der Waals surface area contributed by atoms with Crippen molar-refractivity contribution in [3.63, 3.8) is 0 Å². The number of urea groups is 1. The molecule has 0 unspecified atom stereocenters. The Morgan fingerprint density at radius 1 is 1.00 bits per heavy atom. The minimum Gasteiger partial charge on any atom is -0.490 e. The summed E-state index contributed by atoms with van der Waals surface area (Å²) in [7, 11) is 3.91. The highest BCUT2D eigenvalue weighted by Crippen LogP contribution is 2.40. The minimum absolute atomic E-state index is 0.272. The first-order valence-corrected chi connectivity index (χ1v) is 8.27. The Hall–Kier alpha value is -2.15. The van der Waals surface area contributed by atoms with Gasteiger partial charge < -0.3 is 29.7 Å². The van der Waals surface area contributed by atoms with E-state index < -0.39 is 0 Å². The van der Waals surface area contributed by atoms with Gasteiger partial charge >= 0.3 is 6.03 Å². The summed E-state index contributed by atoms with van der Waals surface area (Å²) in [5.74, 6) is 1.66. The summed E-state index contributed by atoms with van der Waals surface area (Å²) in [6.07, 6.45) is 0. The second kappa shape index (κ2) is 10.6. The van der Waals surface area contributed by atoms with Crippen LogP contribution in [-0.2, 0) is 0 Å². The van der Waals surface area contributed by atoms with Gasteiger partial charge in [-0.3, -0.25) is 0 Å². The van der Waals surface area contributed by atoms with Gasteiger partial charge in [0.1, 0.15) is 0 Å². The van der Waals surface area contributed by atoms with Crippen molar-refractivity contribution < 1.29 is 19.0 Å². The Balaban J connectivity index is 2.91. The van der Waals surface area contributed by atoms with Crippen LogP contribution in [0, 0.1) is 0 Å². The summed E-state index contributed by atoms with van der Waals surface area (Å²) in [4.78, 5) is 14.0. The molecule has 0 aliphatic carbocycles. The van der Waals surface area contributed by atoms with E-state index in [1.54, 1.807) is 12.1 Å². The average Bonchev–Trinajstić information content (AvgIpc) is 2.50. The number of ether oxygens (including phenoxy) is 3. The molecule has 0 aromatic heterocycles. The van der Waals surface area contributed by atoms with Crippen LogP contribution < -0.4 is 24.8 Å². The molecule has 2 amide bonds. The van der Waals surface area contributed by atoms with E-state index in [2.05, 4.69) is 10.6 Å². The number of amides is 2. The van der Waals surface area contributed by atoms with Crippen LogP contribution in [0.15, 0.2) is 12.1 Å². The molecule has 0 aliphatic heterocycles. The number of hydrogen-bond donors (Lipinski definition) is 2. The normalized spacial score (nSPS) is 10.4. The second-order valence-corrected chi connectivity index (χ2v) is 5.28. The number of nitrogens with zero attached hydrogens (tertiary/aromatic N) is 1. The van der Waals surface area contributed by atoms with Crippen LogP contribution in [-0.4, -0.2) is 57.9 Å². The third kappa shape index (κ3) is 6.54. The van der Waals surface area contributed by atoms with Crippen LogP contribution in [0.5, 0.6) is 17.2 Å². The number of anilines is 1. The van der Waals surface area contributed by atoms with Crippen molar-refractivity contribution in [2.45, 2.75) is 20.8 Å². The number of rotatable bonds is 10. The van der Waals surface area contributed by atoms with E-state index in [1.165, 1.54) is 0 Å². The molecule has 0 radical (unpaired) electrons. The number of carbonyl (C=O) groups is 1. The molecule has 0 saturated carbocycles. The lowest BCUT2D eigenvalue weighted by molar-refractivity contribution is 0.250. The summed E-state index contributed by atoms with van der Waals surface area (Å²) in [6, 6.07) is 3.20. The third-order valence-corrected chi connectivity index (χ3v) is 3.01. The largest absolute Gasteiger partial charge is 0.490 e. The maximum absolute atomic E-state index is 12.0. The average molecular weight is 339 g/mol. The monoisotopic (exact) mass is 339 g/mol. The molecule has 1 rings (SSSR count). The molecule has 136 valence electrons. The molecule has 0 fully saturated rings. The Bertz CT molecular complexity index is 494. The van der Waals surface area contributed by atoms with Crippen molar-refractivity contribution in [2.24, 2.45) is 0 Å². The fourth-order valence-corrected chi connectivity index (χ4v) is 2.03.